The lowest BCUT2D eigenvalue weighted by molar-refractivity contribution is -0.432. The smallest absolute Gasteiger partial charge is 0.294 e. The SMILES string of the molecule is CC(=O)CCCOc1ccc2cc(SOOO)ccc2c1N=Nc1ccc(S(=O)(=O)O)cc1. The minimum atomic E-state index is -4.31. The topological polar surface area (TPSA) is 144 Å². The van der Waals surface area contributed by atoms with Crippen molar-refractivity contribution in [3.8, 4) is 5.75 Å². The normalized spacial score (nSPS) is 11.8. The zero-order valence-electron chi connectivity index (χ0n) is 17.4. The van der Waals surface area contributed by atoms with Gasteiger partial charge in [-0.05, 0) is 61.2 Å². The summed E-state index contributed by atoms with van der Waals surface area (Å²) >= 11 is 0.819. The van der Waals surface area contributed by atoms with Gasteiger partial charge in [0.2, 0.25) is 0 Å². The molecule has 2 N–H and O–H groups in total. The number of nitrogens with zero attached hydrogens (tertiary/aromatic N) is 2. The van der Waals surface area contributed by atoms with Crippen LogP contribution in [0.3, 0.4) is 0 Å². The van der Waals surface area contributed by atoms with E-state index >= 15 is 0 Å². The molecule has 0 fully saturated rings. The van der Waals surface area contributed by atoms with E-state index in [-0.39, 0.29) is 10.7 Å². The van der Waals surface area contributed by atoms with Crippen molar-refractivity contribution in [3.05, 3.63) is 54.6 Å². The molecule has 0 saturated carbocycles. The molecule has 0 aliphatic rings. The van der Waals surface area contributed by atoms with Crippen LogP contribution in [0.4, 0.5) is 11.4 Å². The highest BCUT2D eigenvalue weighted by molar-refractivity contribution is 7.94. The van der Waals surface area contributed by atoms with E-state index in [4.69, 9.17) is 14.5 Å². The zero-order chi connectivity index (χ0) is 23.8. The average molecular weight is 493 g/mol. The second kappa shape index (κ2) is 11.3. The van der Waals surface area contributed by atoms with Crippen molar-refractivity contribution >= 4 is 50.1 Å². The molecular weight excluding hydrogens is 472 g/mol. The van der Waals surface area contributed by atoms with Crippen molar-refractivity contribution in [2.75, 3.05) is 6.61 Å². The second-order valence-corrected chi connectivity index (χ2v) is 9.04. The predicted molar refractivity (Wildman–Crippen MR) is 120 cm³/mol. The number of hydrogen-bond donors (Lipinski definition) is 2. The summed E-state index contributed by atoms with van der Waals surface area (Å²) in [6.45, 7) is 1.83. The van der Waals surface area contributed by atoms with Crippen LogP contribution in [0.5, 0.6) is 5.75 Å². The van der Waals surface area contributed by atoms with E-state index < -0.39 is 10.1 Å². The van der Waals surface area contributed by atoms with Crippen LogP contribution < -0.4 is 4.74 Å². The Balaban J connectivity index is 1.94. The highest BCUT2D eigenvalue weighted by Gasteiger charge is 2.12. The fourth-order valence-corrected chi connectivity index (χ4v) is 3.78. The lowest BCUT2D eigenvalue weighted by Crippen LogP contribution is -2.00. The molecule has 3 aromatic carbocycles. The van der Waals surface area contributed by atoms with Crippen LogP contribution in [-0.4, -0.2) is 30.6 Å². The number of hydrogen-bond acceptors (Lipinski definition) is 10. The van der Waals surface area contributed by atoms with Crippen molar-refractivity contribution < 1.29 is 37.1 Å². The quantitative estimate of drug-likeness (QED) is 0.0862. The molecule has 0 aromatic heterocycles. The lowest BCUT2D eigenvalue weighted by atomic mass is 10.1. The minimum absolute atomic E-state index is 0.0736. The number of rotatable bonds is 11. The Morgan fingerprint density at radius 1 is 1.06 bits per heavy atom. The fraction of sp³-hybridized carbons (Fsp3) is 0.190. The summed E-state index contributed by atoms with van der Waals surface area (Å²) in [4.78, 5) is 11.6. The molecule has 33 heavy (non-hydrogen) atoms. The van der Waals surface area contributed by atoms with E-state index in [0.29, 0.717) is 46.9 Å². The van der Waals surface area contributed by atoms with Crippen molar-refractivity contribution in [1.82, 2.24) is 0 Å². The van der Waals surface area contributed by atoms with E-state index in [9.17, 15) is 13.2 Å². The molecule has 0 aliphatic heterocycles. The third-order valence-electron chi connectivity index (χ3n) is 4.42. The number of benzene rings is 3. The number of azo groups is 1. The number of ketones is 1. The number of Topliss-reactive ketones (excluding diaryl/α,β-unsaturated/α-hetero) is 1. The lowest BCUT2D eigenvalue weighted by Gasteiger charge is -2.11. The van der Waals surface area contributed by atoms with Gasteiger partial charge in [0.25, 0.3) is 10.1 Å². The Kier molecular flexibility index (Phi) is 8.49. The summed E-state index contributed by atoms with van der Waals surface area (Å²) in [6.07, 6.45) is 0.952. The highest BCUT2D eigenvalue weighted by atomic mass is 32.2. The summed E-state index contributed by atoms with van der Waals surface area (Å²) in [5.41, 5.74) is 0.799. The van der Waals surface area contributed by atoms with Gasteiger partial charge in [-0.3, -0.25) is 4.55 Å². The molecule has 0 radical (unpaired) electrons. The van der Waals surface area contributed by atoms with Gasteiger partial charge in [0.1, 0.15) is 17.2 Å². The first kappa shape index (κ1) is 24.8. The third-order valence-corrected chi connectivity index (χ3v) is 5.86. The fourth-order valence-electron chi connectivity index (χ4n) is 2.89. The Hall–Kier alpha value is -2.87. The first-order valence-corrected chi connectivity index (χ1v) is 11.8. The van der Waals surface area contributed by atoms with E-state index in [1.807, 2.05) is 6.07 Å². The Labute approximate surface area is 194 Å². The van der Waals surface area contributed by atoms with Crippen molar-refractivity contribution in [3.63, 3.8) is 0 Å². The molecule has 0 saturated heterocycles. The summed E-state index contributed by atoms with van der Waals surface area (Å²) < 4.78 is 41.8. The molecule has 0 spiro atoms. The van der Waals surface area contributed by atoms with Crippen LogP contribution in [0.1, 0.15) is 19.8 Å². The molecule has 0 aliphatic carbocycles. The summed E-state index contributed by atoms with van der Waals surface area (Å²) in [6, 6.07) is 14.1. The molecule has 0 heterocycles. The van der Waals surface area contributed by atoms with E-state index in [1.165, 1.54) is 31.2 Å². The maximum absolute atomic E-state index is 11.2. The predicted octanol–water partition coefficient (Wildman–Crippen LogP) is 5.68. The van der Waals surface area contributed by atoms with Gasteiger partial charge in [0.05, 0.1) is 29.2 Å². The second-order valence-electron chi connectivity index (χ2n) is 6.84. The van der Waals surface area contributed by atoms with Gasteiger partial charge in [-0.25, -0.2) is 5.26 Å². The Bertz CT molecular complexity index is 1260. The maximum atomic E-state index is 11.2. The molecule has 174 valence electrons. The molecule has 3 aromatic rings. The standard InChI is InChI=1S/C21H20N2O8S2/c1-14(24)3-2-12-29-20-11-4-15-13-17(32-31-30-25)7-10-19(15)21(20)23-22-16-5-8-18(9-6-16)33(26,27)28/h4-11,13,25H,2-3,12H2,1H3,(H,26,27,28). The van der Waals surface area contributed by atoms with Crippen LogP contribution in [-0.2, 0) is 24.3 Å². The molecule has 0 atom stereocenters. The van der Waals surface area contributed by atoms with E-state index in [0.717, 1.165) is 17.4 Å². The highest BCUT2D eigenvalue weighted by Crippen LogP contribution is 2.38. The van der Waals surface area contributed by atoms with Crippen LogP contribution >= 0.6 is 12.0 Å². The van der Waals surface area contributed by atoms with Gasteiger partial charge in [-0.1, -0.05) is 17.2 Å². The minimum Gasteiger partial charge on any atom is -0.491 e. The summed E-state index contributed by atoms with van der Waals surface area (Å²) in [7, 11) is -4.31. The number of carbonyl (C=O) groups excluding carboxylic acids is 1. The maximum Gasteiger partial charge on any atom is 0.294 e. The molecule has 0 unspecified atom stereocenters. The molecular formula is C21H20N2O8S2. The summed E-state index contributed by atoms with van der Waals surface area (Å²) in [5, 5.41) is 22.0. The molecule has 10 nitrogen and oxygen atoms in total. The van der Waals surface area contributed by atoms with Crippen molar-refractivity contribution in [1.29, 1.82) is 0 Å². The Morgan fingerprint density at radius 3 is 2.48 bits per heavy atom. The monoisotopic (exact) mass is 492 g/mol. The van der Waals surface area contributed by atoms with Crippen LogP contribution in [0.2, 0.25) is 0 Å². The van der Waals surface area contributed by atoms with Gasteiger partial charge < -0.3 is 9.53 Å². The van der Waals surface area contributed by atoms with Crippen LogP contribution in [0, 0.1) is 0 Å². The average Bonchev–Trinajstić information content (AvgIpc) is 2.78. The first-order valence-electron chi connectivity index (χ1n) is 9.61. The van der Waals surface area contributed by atoms with Gasteiger partial charge >= 0.3 is 0 Å². The number of fused-ring (bicyclic) bond motifs is 1. The zero-order valence-corrected chi connectivity index (χ0v) is 19.0. The van der Waals surface area contributed by atoms with Gasteiger partial charge in [-0.15, -0.1) is 9.45 Å². The van der Waals surface area contributed by atoms with Crippen LogP contribution in [0.15, 0.2) is 74.6 Å². The van der Waals surface area contributed by atoms with E-state index in [1.54, 1.807) is 24.3 Å². The molecule has 12 heteroatoms. The van der Waals surface area contributed by atoms with E-state index in [2.05, 4.69) is 19.6 Å². The van der Waals surface area contributed by atoms with Crippen molar-refractivity contribution in [2.45, 2.75) is 29.6 Å². The number of ether oxygens (including phenoxy) is 1. The number of carbonyl (C=O) groups is 1. The van der Waals surface area contributed by atoms with Crippen molar-refractivity contribution in [2.24, 2.45) is 10.2 Å². The third kappa shape index (κ3) is 7.05. The molecule has 0 bridgehead atoms. The molecule has 3 rings (SSSR count). The van der Waals surface area contributed by atoms with Crippen LogP contribution in [0.25, 0.3) is 10.8 Å². The summed E-state index contributed by atoms with van der Waals surface area (Å²) in [5.74, 6) is 0.532. The van der Waals surface area contributed by atoms with Gasteiger partial charge in [-0.2, -0.15) is 13.5 Å². The first-order chi connectivity index (χ1) is 15.8. The molecule has 0 amide bonds. The van der Waals surface area contributed by atoms with Gasteiger partial charge in [0, 0.05) is 16.7 Å². The Morgan fingerprint density at radius 2 is 1.82 bits per heavy atom. The van der Waals surface area contributed by atoms with Gasteiger partial charge in [0.15, 0.2) is 0 Å². The largest absolute Gasteiger partial charge is 0.491 e.